The fourth-order valence-electron chi connectivity index (χ4n) is 1.63. The Kier molecular flexibility index (Phi) is 3.81. The maximum atomic E-state index is 4.48. The lowest BCUT2D eigenvalue weighted by molar-refractivity contribution is 0.788. The van der Waals surface area contributed by atoms with Crippen LogP contribution in [0, 0.1) is 0 Å². The summed E-state index contributed by atoms with van der Waals surface area (Å²) in [5.74, 6) is 0. The summed E-state index contributed by atoms with van der Waals surface area (Å²) in [6, 6.07) is 6.25. The Morgan fingerprint density at radius 2 is 2.24 bits per heavy atom. The van der Waals surface area contributed by atoms with E-state index in [1.54, 1.807) is 6.20 Å². The van der Waals surface area contributed by atoms with Crippen LogP contribution in [-0.2, 0) is 6.54 Å². The highest BCUT2D eigenvalue weighted by atomic mass is 79.9. The van der Waals surface area contributed by atoms with E-state index in [9.17, 15) is 0 Å². The van der Waals surface area contributed by atoms with Crippen LogP contribution in [0.1, 0.15) is 5.69 Å². The van der Waals surface area contributed by atoms with Crippen molar-refractivity contribution in [2.24, 2.45) is 0 Å². The molecule has 0 saturated carbocycles. The third kappa shape index (κ3) is 2.51. The van der Waals surface area contributed by atoms with E-state index < -0.39 is 0 Å². The van der Waals surface area contributed by atoms with Crippen LogP contribution in [0.2, 0.25) is 0 Å². The number of hydrogen-bond acceptors (Lipinski definition) is 3. The van der Waals surface area contributed by atoms with E-state index in [1.165, 1.54) is 21.6 Å². The molecule has 0 unspecified atom stereocenters. The molecule has 0 N–H and O–H groups in total. The average Bonchev–Trinajstić information content (AvgIpc) is 2.90. The molecule has 2 heterocycles. The van der Waals surface area contributed by atoms with Crippen molar-refractivity contribution in [2.75, 3.05) is 0 Å². The molecule has 0 bridgehead atoms. The molecular weight excluding hydrogens is 322 g/mol. The second-order valence-electron chi connectivity index (χ2n) is 3.50. The Morgan fingerprint density at radius 3 is 3.00 bits per heavy atom. The van der Waals surface area contributed by atoms with Crippen LogP contribution in [0.3, 0.4) is 0 Å². The Labute approximate surface area is 117 Å². The smallest absolute Gasteiger partial charge is 0.0949 e. The molecule has 0 saturated heterocycles. The normalized spacial score (nSPS) is 10.4. The Bertz CT molecular complexity index is 621. The third-order valence-corrected chi connectivity index (χ3v) is 3.76. The van der Waals surface area contributed by atoms with E-state index in [0.29, 0.717) is 0 Å². The fraction of sp³-hybridized carbons (Fsp3) is 0.0909. The predicted molar refractivity (Wildman–Crippen MR) is 75.9 cm³/mol. The van der Waals surface area contributed by atoms with E-state index in [-0.39, 0.29) is 12.4 Å². The van der Waals surface area contributed by atoms with Gasteiger partial charge in [0.1, 0.15) is 0 Å². The van der Waals surface area contributed by atoms with Crippen LogP contribution in [0.5, 0.6) is 0 Å². The molecule has 0 amide bonds. The second kappa shape index (κ2) is 5.16. The Balaban J connectivity index is 0.00000108. The van der Waals surface area contributed by atoms with Crippen LogP contribution in [0.15, 0.2) is 41.4 Å². The summed E-state index contributed by atoms with van der Waals surface area (Å²) < 4.78 is 8.82. The van der Waals surface area contributed by atoms with Crippen LogP contribution in [0.25, 0.3) is 10.1 Å². The average molecular weight is 331 g/mol. The standard InChI is InChI=1S/C11H8BrN3S.ClH/c12-8-1-2-11-9(5-8)10(14-16-11)6-15-4-3-13-7-15;/h1-5,7H,6H2;1H. The molecule has 88 valence electrons. The molecule has 0 atom stereocenters. The lowest BCUT2D eigenvalue weighted by atomic mass is 10.2. The van der Waals surface area contributed by atoms with Gasteiger partial charge < -0.3 is 4.57 Å². The zero-order valence-electron chi connectivity index (χ0n) is 8.71. The van der Waals surface area contributed by atoms with Crippen LogP contribution in [0.4, 0.5) is 0 Å². The lowest BCUT2D eigenvalue weighted by Crippen LogP contribution is -1.96. The van der Waals surface area contributed by atoms with Crippen molar-refractivity contribution in [1.29, 1.82) is 0 Å². The summed E-state index contributed by atoms with van der Waals surface area (Å²) in [5.41, 5.74) is 1.10. The lowest BCUT2D eigenvalue weighted by Gasteiger charge is -1.99. The summed E-state index contributed by atoms with van der Waals surface area (Å²) in [7, 11) is 0. The molecule has 0 aliphatic rings. The second-order valence-corrected chi connectivity index (χ2v) is 5.23. The van der Waals surface area contributed by atoms with E-state index in [1.807, 2.05) is 23.2 Å². The molecular formula is C11H9BrClN3S. The molecule has 0 spiro atoms. The quantitative estimate of drug-likeness (QED) is 0.717. The van der Waals surface area contributed by atoms with Crippen molar-refractivity contribution in [3.63, 3.8) is 0 Å². The number of nitrogens with zero attached hydrogens (tertiary/aromatic N) is 3. The zero-order valence-corrected chi connectivity index (χ0v) is 11.9. The molecule has 0 aliphatic heterocycles. The maximum absolute atomic E-state index is 4.48. The highest BCUT2D eigenvalue weighted by Gasteiger charge is 2.06. The Hall–Kier alpha value is -0.910. The van der Waals surface area contributed by atoms with Crippen LogP contribution >= 0.6 is 39.9 Å². The summed E-state index contributed by atoms with van der Waals surface area (Å²) in [6.45, 7) is 0.774. The molecule has 0 fully saturated rings. The number of rotatable bonds is 2. The molecule has 3 aromatic rings. The zero-order chi connectivity index (χ0) is 11.0. The minimum atomic E-state index is 0. The monoisotopic (exact) mass is 329 g/mol. The number of benzene rings is 1. The minimum Gasteiger partial charge on any atom is -0.331 e. The Morgan fingerprint density at radius 1 is 1.35 bits per heavy atom. The molecule has 0 radical (unpaired) electrons. The third-order valence-electron chi connectivity index (χ3n) is 2.40. The number of halogens is 2. The topological polar surface area (TPSA) is 30.7 Å². The van der Waals surface area contributed by atoms with E-state index in [4.69, 9.17) is 0 Å². The summed E-state index contributed by atoms with van der Waals surface area (Å²) in [4.78, 5) is 4.03. The van der Waals surface area contributed by atoms with Crippen molar-refractivity contribution in [2.45, 2.75) is 6.54 Å². The first-order valence-corrected chi connectivity index (χ1v) is 6.39. The van der Waals surface area contributed by atoms with Gasteiger partial charge in [-0.2, -0.15) is 4.37 Å². The number of aromatic nitrogens is 3. The van der Waals surface area contributed by atoms with Crippen molar-refractivity contribution < 1.29 is 0 Å². The predicted octanol–water partition coefficient (Wildman–Crippen LogP) is 3.73. The van der Waals surface area contributed by atoms with Gasteiger partial charge in [-0.1, -0.05) is 15.9 Å². The van der Waals surface area contributed by atoms with Gasteiger partial charge in [-0.3, -0.25) is 0 Å². The van der Waals surface area contributed by atoms with Crippen LogP contribution < -0.4 is 0 Å². The molecule has 0 aliphatic carbocycles. The van der Waals surface area contributed by atoms with E-state index in [0.717, 1.165) is 16.7 Å². The molecule has 17 heavy (non-hydrogen) atoms. The SMILES string of the molecule is Brc1ccc2snc(Cn3ccnc3)c2c1.Cl. The van der Waals surface area contributed by atoms with Gasteiger partial charge in [0, 0.05) is 22.3 Å². The molecule has 6 heteroatoms. The maximum Gasteiger partial charge on any atom is 0.0949 e. The molecule has 2 aromatic heterocycles. The van der Waals surface area contributed by atoms with Gasteiger partial charge in [-0.05, 0) is 29.7 Å². The number of imidazole rings is 1. The molecule has 1 aromatic carbocycles. The van der Waals surface area contributed by atoms with Gasteiger partial charge in [-0.25, -0.2) is 4.98 Å². The highest BCUT2D eigenvalue weighted by molar-refractivity contribution is 9.10. The van der Waals surface area contributed by atoms with E-state index in [2.05, 4.69) is 37.4 Å². The first kappa shape index (κ1) is 12.5. The van der Waals surface area contributed by atoms with Crippen LogP contribution in [-0.4, -0.2) is 13.9 Å². The van der Waals surface area contributed by atoms with Crippen molar-refractivity contribution in [1.82, 2.24) is 13.9 Å². The summed E-state index contributed by atoms with van der Waals surface area (Å²) in [6.07, 6.45) is 5.54. The van der Waals surface area contributed by atoms with Gasteiger partial charge in [0.25, 0.3) is 0 Å². The number of fused-ring (bicyclic) bond motifs is 1. The van der Waals surface area contributed by atoms with Gasteiger partial charge in [0.15, 0.2) is 0 Å². The first-order valence-electron chi connectivity index (χ1n) is 4.82. The van der Waals surface area contributed by atoms with E-state index >= 15 is 0 Å². The fourth-order valence-corrected chi connectivity index (χ4v) is 2.76. The van der Waals surface area contributed by atoms with Gasteiger partial charge in [0.2, 0.25) is 0 Å². The minimum absolute atomic E-state index is 0. The van der Waals surface area contributed by atoms with Gasteiger partial charge in [-0.15, -0.1) is 12.4 Å². The number of hydrogen-bond donors (Lipinski definition) is 0. The highest BCUT2D eigenvalue weighted by Crippen LogP contribution is 2.26. The van der Waals surface area contributed by atoms with Gasteiger partial charge >= 0.3 is 0 Å². The van der Waals surface area contributed by atoms with Crippen molar-refractivity contribution in [3.05, 3.63) is 47.1 Å². The molecule has 3 rings (SSSR count). The van der Waals surface area contributed by atoms with Crippen molar-refractivity contribution >= 4 is 50.0 Å². The first-order chi connectivity index (χ1) is 7.83. The largest absolute Gasteiger partial charge is 0.331 e. The summed E-state index contributed by atoms with van der Waals surface area (Å²) >= 11 is 5.03. The van der Waals surface area contributed by atoms with Crippen molar-refractivity contribution in [3.8, 4) is 0 Å². The van der Waals surface area contributed by atoms with Gasteiger partial charge in [0.05, 0.1) is 23.3 Å². The summed E-state index contributed by atoms with van der Waals surface area (Å²) in [5, 5.41) is 1.22. The molecule has 3 nitrogen and oxygen atoms in total.